The number of nitrogens with one attached hydrogen (secondary N) is 3. The number of aryl methyl sites for hydroxylation is 2. The molecule has 1 aliphatic rings. The molecule has 0 atom stereocenters. The zero-order valence-electron chi connectivity index (χ0n) is 22.7. The van der Waals surface area contributed by atoms with Gasteiger partial charge < -0.3 is 30.2 Å². The molecule has 4 rings (SSSR count). The van der Waals surface area contributed by atoms with Gasteiger partial charge in [0.25, 0.3) is 5.91 Å². The SMILES string of the molecule is COc1ccc2c(c1)NC(=O)C2=Cc1[nH]c(C)c(CCC(=O)O)c1C.Cc1[nH]c(C=O)c(C)c1CCC(=O)O. The van der Waals surface area contributed by atoms with E-state index in [1.807, 2.05) is 45.9 Å². The van der Waals surface area contributed by atoms with E-state index in [-0.39, 0.29) is 18.7 Å². The summed E-state index contributed by atoms with van der Waals surface area (Å²) in [5, 5.41) is 20.3. The highest BCUT2D eigenvalue weighted by Crippen LogP contribution is 2.36. The monoisotopic (exact) mass is 535 g/mol. The maximum absolute atomic E-state index is 12.3. The number of carbonyl (C=O) groups is 4. The predicted octanol–water partition coefficient (Wildman–Crippen LogP) is 4.61. The van der Waals surface area contributed by atoms with Crippen molar-refractivity contribution in [3.8, 4) is 5.75 Å². The zero-order chi connectivity index (χ0) is 28.9. The number of methoxy groups -OCH3 is 1. The number of hydrogen-bond donors (Lipinski definition) is 5. The Morgan fingerprint density at radius 2 is 1.44 bits per heavy atom. The quantitative estimate of drug-likeness (QED) is 0.197. The summed E-state index contributed by atoms with van der Waals surface area (Å²) in [6.45, 7) is 7.52. The normalized spacial score (nSPS) is 12.9. The predicted molar refractivity (Wildman–Crippen MR) is 147 cm³/mol. The minimum Gasteiger partial charge on any atom is -0.497 e. The van der Waals surface area contributed by atoms with Crippen LogP contribution in [-0.4, -0.2) is 51.4 Å². The molecule has 0 bridgehead atoms. The van der Waals surface area contributed by atoms with Gasteiger partial charge in [0, 0.05) is 41.6 Å². The molecule has 1 aromatic carbocycles. The first kappa shape index (κ1) is 29.0. The second kappa shape index (κ2) is 12.3. The molecule has 0 unspecified atom stereocenters. The fourth-order valence-corrected chi connectivity index (χ4v) is 4.69. The minimum absolute atomic E-state index is 0.0820. The molecular weight excluding hydrogens is 502 g/mol. The van der Waals surface area contributed by atoms with Crippen LogP contribution in [0.15, 0.2) is 18.2 Å². The minimum atomic E-state index is -0.822. The molecule has 0 spiro atoms. The molecule has 5 N–H and O–H groups in total. The van der Waals surface area contributed by atoms with E-state index in [2.05, 4.69) is 15.3 Å². The topological polar surface area (TPSA) is 162 Å². The van der Waals surface area contributed by atoms with E-state index in [0.717, 1.165) is 56.9 Å². The third kappa shape index (κ3) is 6.64. The van der Waals surface area contributed by atoms with Crippen molar-refractivity contribution in [3.05, 3.63) is 68.8 Å². The first-order valence-corrected chi connectivity index (χ1v) is 12.4. The fraction of sp³-hybridized carbons (Fsp3) is 0.310. The number of carboxylic acids is 2. The molecule has 0 saturated heterocycles. The largest absolute Gasteiger partial charge is 0.497 e. The highest BCUT2D eigenvalue weighted by molar-refractivity contribution is 6.35. The summed E-state index contributed by atoms with van der Waals surface area (Å²) in [5.74, 6) is -1.12. The number of anilines is 1. The highest BCUT2D eigenvalue weighted by Gasteiger charge is 2.25. The van der Waals surface area contributed by atoms with Crippen molar-refractivity contribution >= 4 is 41.5 Å². The Balaban J connectivity index is 0.000000255. The summed E-state index contributed by atoms with van der Waals surface area (Å²) in [5.41, 5.74) is 9.07. The van der Waals surface area contributed by atoms with Gasteiger partial charge in [-0.3, -0.25) is 19.2 Å². The standard InChI is InChI=1S/C19H20N2O4.C10H13NO3/c1-10-13(6-7-18(22)23)11(2)20-16(10)9-15-14-5-4-12(25-3)8-17(14)21-19(15)24;1-6-8(3-4-10(13)14)7(2)11-9(6)5-12/h4-5,8-9,20H,6-7H2,1-3H3,(H,21,24)(H,22,23);5,11H,3-4H2,1-2H3,(H,13,14). The lowest BCUT2D eigenvalue weighted by atomic mass is 10.0. The molecule has 39 heavy (non-hydrogen) atoms. The Bertz CT molecular complexity index is 1460. The number of aromatic nitrogens is 2. The summed E-state index contributed by atoms with van der Waals surface area (Å²) < 4.78 is 5.19. The molecular formula is C29H33N3O7. The van der Waals surface area contributed by atoms with Crippen LogP contribution in [0.3, 0.4) is 0 Å². The van der Waals surface area contributed by atoms with Crippen LogP contribution in [0.2, 0.25) is 0 Å². The van der Waals surface area contributed by atoms with Crippen LogP contribution in [0.5, 0.6) is 5.75 Å². The smallest absolute Gasteiger partial charge is 0.303 e. The maximum Gasteiger partial charge on any atom is 0.303 e. The van der Waals surface area contributed by atoms with Gasteiger partial charge >= 0.3 is 11.9 Å². The number of fused-ring (bicyclic) bond motifs is 1. The van der Waals surface area contributed by atoms with Crippen molar-refractivity contribution in [1.29, 1.82) is 0 Å². The molecule has 3 aromatic rings. The van der Waals surface area contributed by atoms with Crippen LogP contribution >= 0.6 is 0 Å². The molecule has 0 radical (unpaired) electrons. The van der Waals surface area contributed by atoms with Gasteiger partial charge in [0.05, 0.1) is 24.1 Å². The van der Waals surface area contributed by atoms with Crippen LogP contribution in [0.1, 0.15) is 68.2 Å². The number of carbonyl (C=O) groups excluding carboxylic acids is 2. The number of rotatable bonds is 9. The van der Waals surface area contributed by atoms with Gasteiger partial charge in [-0.2, -0.15) is 0 Å². The fourth-order valence-electron chi connectivity index (χ4n) is 4.69. The molecule has 10 nitrogen and oxygen atoms in total. The van der Waals surface area contributed by atoms with Gasteiger partial charge in [-0.05, 0) is 81.0 Å². The maximum atomic E-state index is 12.3. The number of hydrogen-bond acceptors (Lipinski definition) is 5. The average Bonchev–Trinajstić information content (AvgIpc) is 3.45. The van der Waals surface area contributed by atoms with Gasteiger partial charge in [-0.25, -0.2) is 0 Å². The van der Waals surface area contributed by atoms with E-state index < -0.39 is 11.9 Å². The molecule has 206 valence electrons. The first-order valence-electron chi connectivity index (χ1n) is 12.4. The molecule has 1 amide bonds. The van der Waals surface area contributed by atoms with E-state index in [1.165, 1.54) is 0 Å². The number of ether oxygens (including phenoxy) is 1. The van der Waals surface area contributed by atoms with Gasteiger partial charge in [-0.15, -0.1) is 0 Å². The molecule has 0 fully saturated rings. The second-order valence-corrected chi connectivity index (χ2v) is 9.36. The lowest BCUT2D eigenvalue weighted by Crippen LogP contribution is -2.03. The lowest BCUT2D eigenvalue weighted by Gasteiger charge is -2.03. The molecule has 0 saturated carbocycles. The van der Waals surface area contributed by atoms with Gasteiger partial charge in [0.2, 0.25) is 0 Å². The number of benzene rings is 1. The number of aliphatic carboxylic acids is 2. The number of aromatic amines is 2. The van der Waals surface area contributed by atoms with E-state index in [0.29, 0.717) is 29.9 Å². The van der Waals surface area contributed by atoms with Crippen molar-refractivity contribution in [3.63, 3.8) is 0 Å². The number of amides is 1. The van der Waals surface area contributed by atoms with E-state index in [9.17, 15) is 19.2 Å². The lowest BCUT2D eigenvalue weighted by molar-refractivity contribution is -0.138. The number of carboxylic acid groups (broad SMARTS) is 2. The molecule has 0 aliphatic carbocycles. The Hall–Kier alpha value is -4.60. The van der Waals surface area contributed by atoms with Crippen LogP contribution in [0.25, 0.3) is 11.6 Å². The van der Waals surface area contributed by atoms with Crippen molar-refractivity contribution in [2.45, 2.75) is 53.4 Å². The Morgan fingerprint density at radius 1 is 0.897 bits per heavy atom. The molecule has 1 aliphatic heterocycles. The Labute approximate surface area is 226 Å². The van der Waals surface area contributed by atoms with Crippen LogP contribution in [0, 0.1) is 27.7 Å². The molecule has 10 heteroatoms. The summed E-state index contributed by atoms with van der Waals surface area (Å²) >= 11 is 0. The van der Waals surface area contributed by atoms with Gasteiger partial charge in [-0.1, -0.05) is 0 Å². The number of aldehydes is 1. The molecule has 2 aromatic heterocycles. The van der Waals surface area contributed by atoms with Gasteiger partial charge in [0.1, 0.15) is 5.75 Å². The van der Waals surface area contributed by atoms with E-state index in [1.54, 1.807) is 13.2 Å². The average molecular weight is 536 g/mol. The van der Waals surface area contributed by atoms with E-state index in [4.69, 9.17) is 14.9 Å². The summed E-state index contributed by atoms with van der Waals surface area (Å²) in [6.07, 6.45) is 3.69. The second-order valence-electron chi connectivity index (χ2n) is 9.36. The van der Waals surface area contributed by atoms with Crippen molar-refractivity contribution in [2.24, 2.45) is 0 Å². The van der Waals surface area contributed by atoms with Crippen molar-refractivity contribution in [1.82, 2.24) is 9.97 Å². The Kier molecular flexibility index (Phi) is 9.13. The van der Waals surface area contributed by atoms with Gasteiger partial charge in [0.15, 0.2) is 6.29 Å². The first-order chi connectivity index (χ1) is 18.5. The van der Waals surface area contributed by atoms with E-state index >= 15 is 0 Å². The summed E-state index contributed by atoms with van der Waals surface area (Å²) in [6, 6.07) is 5.46. The third-order valence-corrected chi connectivity index (χ3v) is 6.86. The van der Waals surface area contributed by atoms with Crippen LogP contribution in [-0.2, 0) is 27.2 Å². The summed E-state index contributed by atoms with van der Waals surface area (Å²) in [7, 11) is 1.58. The molecule has 3 heterocycles. The van der Waals surface area contributed by atoms with Crippen molar-refractivity contribution < 1.29 is 34.1 Å². The number of H-pyrrole nitrogens is 2. The highest BCUT2D eigenvalue weighted by atomic mass is 16.5. The summed E-state index contributed by atoms with van der Waals surface area (Å²) in [4.78, 5) is 50.3. The van der Waals surface area contributed by atoms with Crippen LogP contribution < -0.4 is 10.1 Å². The zero-order valence-corrected chi connectivity index (χ0v) is 22.7. The Morgan fingerprint density at radius 3 is 1.92 bits per heavy atom. The third-order valence-electron chi connectivity index (χ3n) is 6.86. The van der Waals surface area contributed by atoms with Crippen molar-refractivity contribution in [2.75, 3.05) is 12.4 Å². The van der Waals surface area contributed by atoms with Crippen LogP contribution in [0.4, 0.5) is 5.69 Å².